The van der Waals surface area contributed by atoms with Crippen molar-refractivity contribution < 1.29 is 24.0 Å². The Bertz CT molecular complexity index is 1420. The standard InChI is InChI=1S/C34H51N7O5S.3ClH/c1-20(35-6)29(43)40-28(34(3,4)5)32(46)39-27(31(45)38-26-16-10-13-22-12-8-9-15-25(22)26)17-11-14-24(42)18-23-19-47-33(37-23)41-30(44)21(2)36-7;;;/h8-9,12,15,19-21,26-28,35-36H,10-11,13-14,16-18H2,1-7H3,(H,38,45)(H,39,46)(H,40,43)(H,37,41,44);3*1H/t20-,21-,26+,27-,28+;;;/m0.../s1. The van der Waals surface area contributed by atoms with Gasteiger partial charge in [-0.3, -0.25) is 24.0 Å². The second-order valence-corrected chi connectivity index (χ2v) is 14.1. The molecule has 0 saturated carbocycles. The van der Waals surface area contributed by atoms with Crippen LogP contribution in [0, 0.1) is 5.41 Å². The van der Waals surface area contributed by atoms with Gasteiger partial charge in [-0.25, -0.2) is 4.98 Å². The lowest BCUT2D eigenvalue weighted by Crippen LogP contribution is -2.59. The van der Waals surface area contributed by atoms with E-state index in [0.717, 1.165) is 24.8 Å². The van der Waals surface area contributed by atoms with Gasteiger partial charge in [0.05, 0.1) is 23.8 Å². The number of nitrogens with one attached hydrogen (secondary N) is 6. The van der Waals surface area contributed by atoms with Gasteiger partial charge >= 0.3 is 0 Å². The summed E-state index contributed by atoms with van der Waals surface area (Å²) in [7, 11) is 3.36. The third-order valence-corrected chi connectivity index (χ3v) is 9.30. The number of halogens is 3. The van der Waals surface area contributed by atoms with Crippen LogP contribution in [-0.4, -0.2) is 72.7 Å². The Balaban J connectivity index is 0.00000800. The maximum atomic E-state index is 13.8. The number of benzene rings is 1. The van der Waals surface area contributed by atoms with E-state index >= 15 is 0 Å². The second-order valence-electron chi connectivity index (χ2n) is 13.3. The van der Waals surface area contributed by atoms with Gasteiger partial charge in [-0.1, -0.05) is 45.0 Å². The summed E-state index contributed by atoms with van der Waals surface area (Å²) in [4.78, 5) is 69.6. The van der Waals surface area contributed by atoms with Crippen molar-refractivity contribution in [3.8, 4) is 0 Å². The summed E-state index contributed by atoms with van der Waals surface area (Å²) in [6.45, 7) is 9.00. The molecule has 4 amide bonds. The Labute approximate surface area is 318 Å². The Kier molecular flexibility index (Phi) is 20.9. The molecule has 16 heteroatoms. The molecule has 1 aliphatic carbocycles. The van der Waals surface area contributed by atoms with E-state index in [1.54, 1.807) is 33.3 Å². The van der Waals surface area contributed by atoms with Crippen molar-refractivity contribution in [1.29, 1.82) is 0 Å². The number of likely N-dealkylation sites (N-methyl/N-ethyl adjacent to an activating group) is 2. The molecule has 282 valence electrons. The Morgan fingerprint density at radius 2 is 1.54 bits per heavy atom. The minimum atomic E-state index is -0.914. The summed E-state index contributed by atoms with van der Waals surface area (Å²) in [6.07, 6.45) is 3.54. The molecule has 0 fully saturated rings. The number of thiazole rings is 1. The van der Waals surface area contributed by atoms with E-state index in [1.807, 2.05) is 39.0 Å². The molecular formula is C34H54Cl3N7O5S. The molecule has 12 nitrogen and oxygen atoms in total. The Hall–Kier alpha value is -2.81. The maximum Gasteiger partial charge on any atom is 0.243 e. The average molecular weight is 779 g/mol. The molecular weight excluding hydrogens is 725 g/mol. The predicted octanol–water partition coefficient (Wildman–Crippen LogP) is 4.05. The maximum absolute atomic E-state index is 13.8. The van der Waals surface area contributed by atoms with Crippen molar-refractivity contribution in [2.45, 2.75) is 110 Å². The first-order valence-electron chi connectivity index (χ1n) is 16.3. The van der Waals surface area contributed by atoms with Gasteiger partial charge in [0.2, 0.25) is 23.6 Å². The first-order chi connectivity index (χ1) is 22.2. The van der Waals surface area contributed by atoms with Crippen molar-refractivity contribution in [1.82, 2.24) is 31.6 Å². The van der Waals surface area contributed by atoms with E-state index < -0.39 is 29.4 Å². The quantitative estimate of drug-likeness (QED) is 0.148. The highest BCUT2D eigenvalue weighted by Gasteiger charge is 2.36. The van der Waals surface area contributed by atoms with Gasteiger partial charge in [0, 0.05) is 18.2 Å². The third-order valence-electron chi connectivity index (χ3n) is 8.49. The van der Waals surface area contributed by atoms with Gasteiger partial charge in [0.1, 0.15) is 17.9 Å². The van der Waals surface area contributed by atoms with E-state index in [1.165, 1.54) is 16.9 Å². The van der Waals surface area contributed by atoms with Crippen LogP contribution in [0.1, 0.15) is 89.6 Å². The van der Waals surface area contributed by atoms with Crippen LogP contribution in [0.2, 0.25) is 0 Å². The topological polar surface area (TPSA) is 170 Å². The summed E-state index contributed by atoms with van der Waals surface area (Å²) in [5, 5.41) is 19.5. The number of Topliss-reactive ketones (excluding diaryl/α,β-unsaturated/α-hetero) is 1. The molecule has 1 aromatic heterocycles. The van der Waals surface area contributed by atoms with Crippen molar-refractivity contribution in [3.63, 3.8) is 0 Å². The first kappa shape index (κ1) is 47.2. The smallest absolute Gasteiger partial charge is 0.243 e. The van der Waals surface area contributed by atoms with Gasteiger partial charge in [0.25, 0.3) is 0 Å². The zero-order chi connectivity index (χ0) is 34.7. The lowest BCUT2D eigenvalue weighted by molar-refractivity contribution is -0.135. The van der Waals surface area contributed by atoms with E-state index in [2.05, 4.69) is 43.0 Å². The molecule has 0 radical (unpaired) electrons. The molecule has 6 N–H and O–H groups in total. The summed E-state index contributed by atoms with van der Waals surface area (Å²) >= 11 is 1.25. The summed E-state index contributed by atoms with van der Waals surface area (Å²) in [6, 6.07) is 5.17. The van der Waals surface area contributed by atoms with Crippen LogP contribution in [0.5, 0.6) is 0 Å². The monoisotopic (exact) mass is 777 g/mol. The summed E-state index contributed by atoms with van der Waals surface area (Å²) in [5.41, 5.74) is 2.20. The van der Waals surface area contributed by atoms with Gasteiger partial charge in [-0.15, -0.1) is 48.6 Å². The number of hydrogen-bond acceptors (Lipinski definition) is 9. The van der Waals surface area contributed by atoms with Gasteiger partial charge in [-0.2, -0.15) is 0 Å². The Morgan fingerprint density at radius 1 is 0.900 bits per heavy atom. The highest BCUT2D eigenvalue weighted by Crippen LogP contribution is 2.29. The van der Waals surface area contributed by atoms with Crippen LogP contribution in [-0.2, 0) is 36.8 Å². The molecule has 0 saturated heterocycles. The molecule has 5 atom stereocenters. The average Bonchev–Trinajstić information content (AvgIpc) is 3.47. The number of carbonyl (C=O) groups excluding carboxylic acids is 5. The second kappa shape index (κ2) is 22.2. The minimum absolute atomic E-state index is 0. The Morgan fingerprint density at radius 3 is 2.18 bits per heavy atom. The van der Waals surface area contributed by atoms with Crippen molar-refractivity contribution >= 4 is 83.1 Å². The number of amides is 4. The molecule has 1 aromatic carbocycles. The third kappa shape index (κ3) is 14.1. The van der Waals surface area contributed by atoms with Gasteiger partial charge in [0.15, 0.2) is 5.13 Å². The molecule has 0 bridgehead atoms. The van der Waals surface area contributed by atoms with E-state index in [9.17, 15) is 24.0 Å². The summed E-state index contributed by atoms with van der Waals surface area (Å²) in [5.74, 6) is -1.40. The van der Waals surface area contributed by atoms with Crippen LogP contribution in [0.15, 0.2) is 29.6 Å². The molecule has 1 aliphatic rings. The van der Waals surface area contributed by atoms with Crippen LogP contribution in [0.25, 0.3) is 0 Å². The molecule has 0 spiro atoms. The lowest BCUT2D eigenvalue weighted by Gasteiger charge is -2.33. The predicted molar refractivity (Wildman–Crippen MR) is 206 cm³/mol. The van der Waals surface area contributed by atoms with Crippen LogP contribution in [0.4, 0.5) is 5.13 Å². The molecule has 0 unspecified atom stereocenters. The van der Waals surface area contributed by atoms with Crippen LogP contribution >= 0.6 is 48.6 Å². The van der Waals surface area contributed by atoms with Crippen molar-refractivity contribution in [3.05, 3.63) is 46.5 Å². The van der Waals surface area contributed by atoms with E-state index in [-0.39, 0.29) is 92.1 Å². The fourth-order valence-corrected chi connectivity index (χ4v) is 6.07. The zero-order valence-corrected chi connectivity index (χ0v) is 33.1. The van der Waals surface area contributed by atoms with Gasteiger partial charge in [-0.05, 0) is 76.6 Å². The van der Waals surface area contributed by atoms with Crippen LogP contribution in [0.3, 0.4) is 0 Å². The molecule has 1 heterocycles. The van der Waals surface area contributed by atoms with Crippen molar-refractivity contribution in [2.75, 3.05) is 19.4 Å². The van der Waals surface area contributed by atoms with Gasteiger partial charge < -0.3 is 31.9 Å². The molecule has 2 aromatic rings. The fraction of sp³-hybridized carbons (Fsp3) is 0.588. The zero-order valence-electron chi connectivity index (χ0n) is 29.8. The molecule has 0 aliphatic heterocycles. The van der Waals surface area contributed by atoms with Crippen LogP contribution < -0.4 is 31.9 Å². The number of nitrogens with zero attached hydrogens (tertiary/aromatic N) is 1. The number of rotatable bonds is 16. The highest BCUT2D eigenvalue weighted by atomic mass is 35.5. The summed E-state index contributed by atoms with van der Waals surface area (Å²) < 4.78 is 0. The first-order valence-corrected chi connectivity index (χ1v) is 17.2. The van der Waals surface area contributed by atoms with E-state index in [4.69, 9.17) is 0 Å². The SMILES string of the molecule is CN[C@@H](C)C(=O)Nc1nc(CC(=O)CCC[C@H](NC(=O)[C@@H](NC(=O)[C@H](C)NC)C(C)(C)C)C(=O)N[C@@H]2CCCc3ccccc32)cs1.Cl.Cl.Cl. The molecule has 50 heavy (non-hydrogen) atoms. The highest BCUT2D eigenvalue weighted by molar-refractivity contribution is 7.13. The number of ketones is 1. The number of carbonyl (C=O) groups is 5. The molecule has 3 rings (SSSR count). The lowest BCUT2D eigenvalue weighted by atomic mass is 9.85. The number of fused-ring (bicyclic) bond motifs is 1. The number of aryl methyl sites for hydroxylation is 1. The van der Waals surface area contributed by atoms with Crippen molar-refractivity contribution in [2.24, 2.45) is 5.41 Å². The van der Waals surface area contributed by atoms with E-state index in [0.29, 0.717) is 17.2 Å². The fourth-order valence-electron chi connectivity index (χ4n) is 5.36. The number of hydrogen-bond donors (Lipinski definition) is 6. The number of anilines is 1. The minimum Gasteiger partial charge on any atom is -0.348 e. The normalized spacial score (nSPS) is 15.9. The number of aromatic nitrogens is 1. The largest absolute Gasteiger partial charge is 0.348 e.